The number of hydrogen-bond donors (Lipinski definition) is 2. The van der Waals surface area contributed by atoms with E-state index in [0.29, 0.717) is 19.5 Å². The molecule has 3 N–H and O–H groups in total. The van der Waals surface area contributed by atoms with E-state index in [1.165, 1.54) is 12.1 Å². The van der Waals surface area contributed by atoms with Crippen LogP contribution in [0.3, 0.4) is 0 Å². The number of nitrogens with one attached hydrogen (secondary N) is 1. The minimum absolute atomic E-state index is 0.0428. The molecule has 0 unspecified atom stereocenters. The smallest absolute Gasteiger partial charge is 0.221 e. The van der Waals surface area contributed by atoms with Crippen molar-refractivity contribution in [2.24, 2.45) is 5.73 Å². The van der Waals surface area contributed by atoms with E-state index in [4.69, 9.17) is 5.73 Å². The Morgan fingerprint density at radius 3 is 2.50 bits per heavy atom. The zero-order valence-electron chi connectivity index (χ0n) is 14.7. The fourth-order valence-electron chi connectivity index (χ4n) is 3.01. The predicted octanol–water partition coefficient (Wildman–Crippen LogP) is 1.51. The van der Waals surface area contributed by atoms with Gasteiger partial charge in [0, 0.05) is 57.6 Å². The number of amides is 1. The maximum atomic E-state index is 13.1. The highest BCUT2D eigenvalue weighted by molar-refractivity contribution is 5.76. The quantitative estimate of drug-likeness (QED) is 0.820. The summed E-state index contributed by atoms with van der Waals surface area (Å²) in [7, 11) is 0. The summed E-state index contributed by atoms with van der Waals surface area (Å²) in [5.41, 5.74) is 7.43. The summed E-state index contributed by atoms with van der Waals surface area (Å²) < 4.78 is 13.1. The lowest BCUT2D eigenvalue weighted by molar-refractivity contribution is -0.121. The number of nitrogens with zero attached hydrogens (tertiary/aromatic N) is 3. The molecule has 0 spiro atoms. The molecule has 0 atom stereocenters. The van der Waals surface area contributed by atoms with Gasteiger partial charge in [0.1, 0.15) is 11.6 Å². The minimum atomic E-state index is -0.216. The molecule has 0 aliphatic carbocycles. The fourth-order valence-corrected chi connectivity index (χ4v) is 3.01. The number of aromatic nitrogens is 1. The molecule has 3 rings (SSSR count). The molecular weight excluding hydrogens is 333 g/mol. The van der Waals surface area contributed by atoms with Crippen molar-refractivity contribution in [2.75, 3.05) is 42.5 Å². The Hall–Kier alpha value is -2.67. The number of nitrogens with two attached hydrogens (primary N) is 1. The summed E-state index contributed by atoms with van der Waals surface area (Å²) >= 11 is 0. The van der Waals surface area contributed by atoms with E-state index in [2.05, 4.69) is 20.1 Å². The van der Waals surface area contributed by atoms with Crippen LogP contribution in [-0.2, 0) is 11.3 Å². The number of carbonyl (C=O) groups excluding carboxylic acids is 1. The van der Waals surface area contributed by atoms with Gasteiger partial charge in [-0.15, -0.1) is 0 Å². The van der Waals surface area contributed by atoms with Crippen LogP contribution in [0.2, 0.25) is 0 Å². The summed E-state index contributed by atoms with van der Waals surface area (Å²) in [5, 5.41) is 2.86. The molecule has 2 heterocycles. The number of pyridine rings is 1. The van der Waals surface area contributed by atoms with Crippen LogP contribution in [0.5, 0.6) is 0 Å². The monoisotopic (exact) mass is 357 g/mol. The third-order valence-corrected chi connectivity index (χ3v) is 4.47. The fraction of sp³-hybridized carbons (Fsp3) is 0.368. The Morgan fingerprint density at radius 1 is 1.12 bits per heavy atom. The van der Waals surface area contributed by atoms with Crippen LogP contribution in [0.4, 0.5) is 15.9 Å². The molecule has 1 amide bonds. The van der Waals surface area contributed by atoms with Crippen molar-refractivity contribution in [3.63, 3.8) is 0 Å². The molecule has 0 radical (unpaired) electrons. The van der Waals surface area contributed by atoms with Crippen molar-refractivity contribution in [1.82, 2.24) is 10.3 Å². The van der Waals surface area contributed by atoms with Crippen molar-refractivity contribution >= 4 is 17.4 Å². The van der Waals surface area contributed by atoms with Crippen LogP contribution >= 0.6 is 0 Å². The SMILES string of the molecule is NCCC(=O)NCc1ccnc(N2CCN(c3ccc(F)cc3)CC2)c1. The lowest BCUT2D eigenvalue weighted by Crippen LogP contribution is -2.46. The summed E-state index contributed by atoms with van der Waals surface area (Å²) in [6, 6.07) is 10.5. The second-order valence-electron chi connectivity index (χ2n) is 6.29. The third-order valence-electron chi connectivity index (χ3n) is 4.47. The second kappa shape index (κ2) is 8.62. The first-order chi connectivity index (χ1) is 12.7. The van der Waals surface area contributed by atoms with Gasteiger partial charge in [0.2, 0.25) is 5.91 Å². The van der Waals surface area contributed by atoms with Gasteiger partial charge in [-0.3, -0.25) is 4.79 Å². The van der Waals surface area contributed by atoms with Gasteiger partial charge in [-0.25, -0.2) is 9.37 Å². The van der Waals surface area contributed by atoms with Gasteiger partial charge >= 0.3 is 0 Å². The lowest BCUT2D eigenvalue weighted by atomic mass is 10.2. The Balaban J connectivity index is 1.56. The first kappa shape index (κ1) is 18.1. The van der Waals surface area contributed by atoms with Crippen LogP contribution in [0.1, 0.15) is 12.0 Å². The number of rotatable bonds is 6. The molecule has 26 heavy (non-hydrogen) atoms. The lowest BCUT2D eigenvalue weighted by Gasteiger charge is -2.36. The molecule has 1 aromatic heterocycles. The highest BCUT2D eigenvalue weighted by atomic mass is 19.1. The van der Waals surface area contributed by atoms with Gasteiger partial charge in [-0.05, 0) is 42.0 Å². The number of carbonyl (C=O) groups is 1. The van der Waals surface area contributed by atoms with Gasteiger partial charge in [-0.1, -0.05) is 0 Å². The van der Waals surface area contributed by atoms with Gasteiger partial charge in [0.15, 0.2) is 0 Å². The van der Waals surface area contributed by atoms with E-state index in [1.807, 2.05) is 24.3 Å². The highest BCUT2D eigenvalue weighted by Crippen LogP contribution is 2.20. The zero-order valence-corrected chi connectivity index (χ0v) is 14.7. The molecule has 2 aromatic rings. The van der Waals surface area contributed by atoms with E-state index in [-0.39, 0.29) is 11.7 Å². The Kier molecular flexibility index (Phi) is 6.01. The van der Waals surface area contributed by atoms with Crippen molar-refractivity contribution in [1.29, 1.82) is 0 Å². The largest absolute Gasteiger partial charge is 0.368 e. The number of hydrogen-bond acceptors (Lipinski definition) is 5. The van der Waals surface area contributed by atoms with Crippen LogP contribution in [0.15, 0.2) is 42.6 Å². The summed E-state index contributed by atoms with van der Waals surface area (Å²) in [6.07, 6.45) is 2.11. The van der Waals surface area contributed by atoms with E-state index in [1.54, 1.807) is 6.20 Å². The Morgan fingerprint density at radius 2 is 1.81 bits per heavy atom. The van der Waals surface area contributed by atoms with Gasteiger partial charge in [-0.2, -0.15) is 0 Å². The van der Waals surface area contributed by atoms with Crippen LogP contribution in [-0.4, -0.2) is 43.6 Å². The number of benzene rings is 1. The molecule has 138 valence electrons. The van der Waals surface area contributed by atoms with E-state index < -0.39 is 0 Å². The molecular formula is C19H24FN5O. The van der Waals surface area contributed by atoms with Crippen molar-refractivity contribution in [3.8, 4) is 0 Å². The second-order valence-corrected chi connectivity index (χ2v) is 6.29. The van der Waals surface area contributed by atoms with Gasteiger partial charge < -0.3 is 20.9 Å². The molecule has 7 heteroatoms. The molecule has 6 nitrogen and oxygen atoms in total. The average molecular weight is 357 g/mol. The van der Waals surface area contributed by atoms with Crippen molar-refractivity contribution in [3.05, 3.63) is 54.0 Å². The molecule has 0 bridgehead atoms. The maximum Gasteiger partial charge on any atom is 0.221 e. The van der Waals surface area contributed by atoms with E-state index in [0.717, 1.165) is 43.2 Å². The van der Waals surface area contributed by atoms with E-state index in [9.17, 15) is 9.18 Å². The molecule has 1 aliphatic heterocycles. The van der Waals surface area contributed by atoms with Gasteiger partial charge in [0.25, 0.3) is 0 Å². The van der Waals surface area contributed by atoms with Crippen molar-refractivity contribution < 1.29 is 9.18 Å². The summed E-state index contributed by atoms with van der Waals surface area (Å²) in [5.74, 6) is 0.653. The standard InChI is InChI=1S/C19H24FN5O/c20-16-1-3-17(4-2-16)24-9-11-25(12-10-24)18-13-15(6-8-22-18)14-23-19(26)5-7-21/h1-4,6,8,13H,5,7,9-12,14,21H2,(H,23,26). The number of piperazine rings is 1. The Bertz CT molecular complexity index is 729. The average Bonchev–Trinajstić information content (AvgIpc) is 2.68. The highest BCUT2D eigenvalue weighted by Gasteiger charge is 2.18. The predicted molar refractivity (Wildman–Crippen MR) is 101 cm³/mol. The number of anilines is 2. The molecule has 1 aliphatic rings. The van der Waals surface area contributed by atoms with Crippen LogP contribution in [0.25, 0.3) is 0 Å². The van der Waals surface area contributed by atoms with Crippen LogP contribution < -0.4 is 20.9 Å². The van der Waals surface area contributed by atoms with Crippen LogP contribution in [0, 0.1) is 5.82 Å². The normalized spacial score (nSPS) is 14.4. The zero-order chi connectivity index (χ0) is 18.4. The summed E-state index contributed by atoms with van der Waals surface area (Å²) in [6.45, 7) is 4.21. The molecule has 1 saturated heterocycles. The maximum absolute atomic E-state index is 13.1. The van der Waals surface area contributed by atoms with E-state index >= 15 is 0 Å². The van der Waals surface area contributed by atoms with Crippen molar-refractivity contribution in [2.45, 2.75) is 13.0 Å². The first-order valence-electron chi connectivity index (χ1n) is 8.83. The molecule has 0 saturated carbocycles. The molecule has 1 fully saturated rings. The van der Waals surface area contributed by atoms with Gasteiger partial charge in [0.05, 0.1) is 0 Å². The third kappa shape index (κ3) is 4.70. The summed E-state index contributed by atoms with van der Waals surface area (Å²) in [4.78, 5) is 20.5. The molecule has 1 aromatic carbocycles. The number of halogens is 1. The minimum Gasteiger partial charge on any atom is -0.368 e. The Labute approximate surface area is 152 Å². The first-order valence-corrected chi connectivity index (χ1v) is 8.83. The topological polar surface area (TPSA) is 74.5 Å².